The molecule has 4 nitrogen and oxygen atoms in total. The monoisotopic (exact) mass is 276 g/mol. The van der Waals surface area contributed by atoms with Crippen molar-refractivity contribution in [2.45, 2.75) is 43.9 Å². The van der Waals surface area contributed by atoms with Gasteiger partial charge in [0.1, 0.15) is 5.52 Å². The Morgan fingerprint density at radius 3 is 2.74 bits per heavy atom. The van der Waals surface area contributed by atoms with Crippen molar-refractivity contribution >= 4 is 28.9 Å². The smallest absolute Gasteiger partial charge is 0.202 e. The lowest BCUT2D eigenvalue weighted by Gasteiger charge is -2.28. The first kappa shape index (κ1) is 12.8. The van der Waals surface area contributed by atoms with E-state index in [0.29, 0.717) is 12.0 Å². The number of pyridine rings is 1. The Kier molecular flexibility index (Phi) is 3.39. The molecule has 5 heteroatoms. The largest absolute Gasteiger partial charge is 0.369 e. The number of aromatic nitrogens is 3. The fraction of sp³-hybridized carbons (Fsp3) is 0.571. The van der Waals surface area contributed by atoms with Gasteiger partial charge >= 0.3 is 0 Å². The van der Waals surface area contributed by atoms with E-state index in [1.54, 1.807) is 0 Å². The van der Waals surface area contributed by atoms with E-state index in [9.17, 15) is 0 Å². The summed E-state index contributed by atoms with van der Waals surface area (Å²) in [6.07, 6.45) is 8.93. The quantitative estimate of drug-likeness (QED) is 0.915. The normalized spacial score (nSPS) is 23.9. The first-order chi connectivity index (χ1) is 9.20. The van der Waals surface area contributed by atoms with E-state index in [0.717, 1.165) is 22.0 Å². The second-order valence-electron chi connectivity index (χ2n) is 5.31. The summed E-state index contributed by atoms with van der Waals surface area (Å²) in [6.45, 7) is 2.06. The van der Waals surface area contributed by atoms with E-state index < -0.39 is 0 Å². The molecule has 0 saturated heterocycles. The van der Waals surface area contributed by atoms with Gasteiger partial charge in [0.15, 0.2) is 5.65 Å². The van der Waals surface area contributed by atoms with Gasteiger partial charge in [-0.2, -0.15) is 11.8 Å². The lowest BCUT2D eigenvalue weighted by molar-refractivity contribution is 0.368. The summed E-state index contributed by atoms with van der Waals surface area (Å²) >= 11 is 1.98. The topological polar surface area (TPSA) is 56.7 Å². The average molecular weight is 276 g/mol. The number of anilines is 1. The predicted molar refractivity (Wildman–Crippen MR) is 81.5 cm³/mol. The van der Waals surface area contributed by atoms with Gasteiger partial charge in [-0.15, -0.1) is 0 Å². The van der Waals surface area contributed by atoms with Crippen LogP contribution >= 0.6 is 11.8 Å². The molecule has 1 aliphatic rings. The van der Waals surface area contributed by atoms with Crippen LogP contribution in [0.4, 0.5) is 5.95 Å². The molecule has 1 fully saturated rings. The van der Waals surface area contributed by atoms with Crippen LogP contribution < -0.4 is 5.73 Å². The number of nitrogens with zero attached hydrogens (tertiary/aromatic N) is 3. The molecule has 102 valence electrons. The molecule has 1 saturated carbocycles. The highest BCUT2D eigenvalue weighted by Gasteiger charge is 2.25. The third-order valence-electron chi connectivity index (χ3n) is 4.15. The van der Waals surface area contributed by atoms with E-state index >= 15 is 0 Å². The number of hydrogen-bond acceptors (Lipinski definition) is 4. The summed E-state index contributed by atoms with van der Waals surface area (Å²) in [5.74, 6) is 0.615. The van der Waals surface area contributed by atoms with Crippen molar-refractivity contribution in [3.63, 3.8) is 0 Å². The Morgan fingerprint density at radius 2 is 2.05 bits per heavy atom. The summed E-state index contributed by atoms with van der Waals surface area (Å²) in [5.41, 5.74) is 9.17. The summed E-state index contributed by atoms with van der Waals surface area (Å²) < 4.78 is 2.15. The van der Waals surface area contributed by atoms with Gasteiger partial charge in [0.25, 0.3) is 0 Å². The number of rotatable bonds is 2. The molecule has 0 unspecified atom stereocenters. The summed E-state index contributed by atoms with van der Waals surface area (Å²) in [4.78, 5) is 8.99. The zero-order chi connectivity index (χ0) is 13.4. The van der Waals surface area contributed by atoms with Crippen LogP contribution in [0.1, 0.15) is 37.3 Å². The van der Waals surface area contributed by atoms with E-state index in [-0.39, 0.29) is 0 Å². The van der Waals surface area contributed by atoms with Crippen molar-refractivity contribution in [1.82, 2.24) is 14.5 Å². The van der Waals surface area contributed by atoms with Gasteiger partial charge < -0.3 is 5.73 Å². The van der Waals surface area contributed by atoms with E-state index in [1.165, 1.54) is 25.7 Å². The molecule has 3 rings (SSSR count). The number of thioether (sulfide) groups is 1. The highest BCUT2D eigenvalue weighted by atomic mass is 32.2. The molecule has 0 aromatic carbocycles. The van der Waals surface area contributed by atoms with E-state index in [4.69, 9.17) is 5.73 Å². The van der Waals surface area contributed by atoms with Crippen LogP contribution in [0.3, 0.4) is 0 Å². The number of nitrogen functional groups attached to an aromatic ring is 1. The third kappa shape index (κ3) is 2.20. The molecule has 2 N–H and O–H groups in total. The lowest BCUT2D eigenvalue weighted by atomic mass is 9.95. The van der Waals surface area contributed by atoms with Crippen LogP contribution in [0.15, 0.2) is 12.3 Å². The van der Waals surface area contributed by atoms with Gasteiger partial charge in [0.2, 0.25) is 5.95 Å². The fourth-order valence-corrected chi connectivity index (χ4v) is 3.77. The Morgan fingerprint density at radius 1 is 1.32 bits per heavy atom. The third-order valence-corrected chi connectivity index (χ3v) is 5.29. The fourth-order valence-electron chi connectivity index (χ4n) is 3.03. The minimum Gasteiger partial charge on any atom is -0.369 e. The maximum atomic E-state index is 6.13. The summed E-state index contributed by atoms with van der Waals surface area (Å²) in [7, 11) is 0. The van der Waals surface area contributed by atoms with Crippen LogP contribution in [0.5, 0.6) is 0 Å². The Bertz CT molecular complexity index is 584. The highest BCUT2D eigenvalue weighted by Crippen LogP contribution is 2.36. The van der Waals surface area contributed by atoms with Gasteiger partial charge in [0, 0.05) is 17.5 Å². The molecule has 2 heterocycles. The van der Waals surface area contributed by atoms with Crippen molar-refractivity contribution in [2.75, 3.05) is 12.0 Å². The van der Waals surface area contributed by atoms with Crippen LogP contribution in [-0.2, 0) is 0 Å². The summed E-state index contributed by atoms with van der Waals surface area (Å²) in [6, 6.07) is 2.45. The molecule has 0 radical (unpaired) electrons. The minimum absolute atomic E-state index is 0.461. The van der Waals surface area contributed by atoms with Crippen LogP contribution in [0, 0.1) is 6.92 Å². The molecule has 0 bridgehead atoms. The van der Waals surface area contributed by atoms with Gasteiger partial charge in [-0.05, 0) is 50.5 Å². The lowest BCUT2D eigenvalue weighted by Crippen LogP contribution is -2.20. The van der Waals surface area contributed by atoms with Crippen LogP contribution in [-0.4, -0.2) is 26.0 Å². The number of fused-ring (bicyclic) bond motifs is 1. The SMILES string of the molecule is CSC1CCC(n2c(N)nc3c(C)ccnc32)CC1. The van der Waals surface area contributed by atoms with Crippen molar-refractivity contribution < 1.29 is 0 Å². The van der Waals surface area contributed by atoms with Crippen LogP contribution in [0.25, 0.3) is 11.2 Å². The first-order valence-electron chi connectivity index (χ1n) is 6.82. The van der Waals surface area contributed by atoms with Gasteiger partial charge in [-0.3, -0.25) is 4.57 Å². The first-order valence-corrected chi connectivity index (χ1v) is 8.11. The molecule has 2 aromatic heterocycles. The Labute approximate surface area is 117 Å². The Balaban J connectivity index is 1.97. The Hall–Kier alpha value is -1.23. The minimum atomic E-state index is 0.461. The second kappa shape index (κ2) is 5.04. The number of imidazole rings is 1. The number of hydrogen-bond donors (Lipinski definition) is 1. The molecule has 0 amide bonds. The number of aryl methyl sites for hydroxylation is 1. The second-order valence-corrected chi connectivity index (χ2v) is 6.44. The molecule has 0 atom stereocenters. The van der Waals surface area contributed by atoms with Crippen molar-refractivity contribution in [1.29, 1.82) is 0 Å². The van der Waals surface area contributed by atoms with E-state index in [2.05, 4.69) is 27.7 Å². The molecule has 19 heavy (non-hydrogen) atoms. The van der Waals surface area contributed by atoms with E-state index in [1.807, 2.05) is 24.0 Å². The molecular formula is C14H20N4S. The van der Waals surface area contributed by atoms with Crippen molar-refractivity contribution in [3.05, 3.63) is 17.8 Å². The standard InChI is InChI=1S/C14H20N4S/c1-9-7-8-16-13-12(9)17-14(15)18(13)10-3-5-11(19-2)6-4-10/h7-8,10-11H,3-6H2,1-2H3,(H2,15,17). The molecule has 0 aliphatic heterocycles. The maximum absolute atomic E-state index is 6.13. The van der Waals surface area contributed by atoms with Crippen molar-refractivity contribution in [3.8, 4) is 0 Å². The van der Waals surface area contributed by atoms with Crippen molar-refractivity contribution in [2.24, 2.45) is 0 Å². The van der Waals surface area contributed by atoms with Gasteiger partial charge in [0.05, 0.1) is 0 Å². The zero-order valence-corrected chi connectivity index (χ0v) is 12.3. The van der Waals surface area contributed by atoms with Gasteiger partial charge in [-0.25, -0.2) is 9.97 Å². The average Bonchev–Trinajstić information content (AvgIpc) is 2.77. The number of nitrogens with two attached hydrogens (primary N) is 1. The maximum Gasteiger partial charge on any atom is 0.202 e. The predicted octanol–water partition coefficient (Wildman–Crippen LogP) is 3.17. The molecule has 1 aliphatic carbocycles. The zero-order valence-electron chi connectivity index (χ0n) is 11.5. The molecular weight excluding hydrogens is 256 g/mol. The molecule has 2 aromatic rings. The summed E-state index contributed by atoms with van der Waals surface area (Å²) in [5, 5.41) is 0.807. The highest BCUT2D eigenvalue weighted by molar-refractivity contribution is 7.99. The molecule has 0 spiro atoms. The van der Waals surface area contributed by atoms with Gasteiger partial charge in [-0.1, -0.05) is 0 Å². The van der Waals surface area contributed by atoms with Crippen LogP contribution in [0.2, 0.25) is 0 Å².